The maximum Gasteiger partial charge on any atom is 0.335 e. The quantitative estimate of drug-likeness (QED) is 0.454. The molecule has 0 aromatic heterocycles. The van der Waals surface area contributed by atoms with E-state index in [2.05, 4.69) is 11.9 Å². The van der Waals surface area contributed by atoms with Gasteiger partial charge in [-0.2, -0.15) is 0 Å². The maximum atomic E-state index is 12.6. The molecule has 1 aliphatic heterocycles. The fourth-order valence-electron chi connectivity index (χ4n) is 3.00. The van der Waals surface area contributed by atoms with E-state index in [-0.39, 0.29) is 18.4 Å². The van der Waals surface area contributed by atoms with Crippen LogP contribution in [-0.4, -0.2) is 46.6 Å². The molecule has 1 aromatic rings. The van der Waals surface area contributed by atoms with Crippen LogP contribution in [0.2, 0.25) is 0 Å². The Kier molecular flexibility index (Phi) is 6.15. The van der Waals surface area contributed by atoms with Crippen LogP contribution < -0.4 is 5.32 Å². The van der Waals surface area contributed by atoms with Crippen LogP contribution in [0, 0.1) is 0 Å². The van der Waals surface area contributed by atoms with Gasteiger partial charge in [-0.3, -0.25) is 19.3 Å². The fourth-order valence-corrected chi connectivity index (χ4v) is 3.00. The summed E-state index contributed by atoms with van der Waals surface area (Å²) in [5, 5.41) is 2.84. The number of carbonyl (C=O) groups excluding carboxylic acids is 4. The van der Waals surface area contributed by atoms with E-state index in [0.717, 1.165) is 16.0 Å². The second-order valence-electron chi connectivity index (χ2n) is 7.05. The van der Waals surface area contributed by atoms with Gasteiger partial charge in [-0.1, -0.05) is 52.0 Å². The van der Waals surface area contributed by atoms with Crippen LogP contribution in [0.1, 0.15) is 50.7 Å². The molecule has 0 radical (unpaired) electrons. The largest absolute Gasteiger partial charge is 0.335 e. The van der Waals surface area contributed by atoms with Crippen molar-refractivity contribution in [2.24, 2.45) is 0 Å². The summed E-state index contributed by atoms with van der Waals surface area (Å²) < 4.78 is 0. The SMILES string of the molecule is C=CCN1C(=O)C(=O)N(CC(=O)Nc2c(C(C)C)cccc2C(C)C)C1=O. The lowest BCUT2D eigenvalue weighted by molar-refractivity contribution is -0.143. The average Bonchev–Trinajstić information content (AvgIpc) is 2.79. The summed E-state index contributed by atoms with van der Waals surface area (Å²) in [4.78, 5) is 50.2. The van der Waals surface area contributed by atoms with E-state index in [1.807, 2.05) is 45.9 Å². The zero-order chi connectivity index (χ0) is 20.3. The van der Waals surface area contributed by atoms with Crippen LogP contribution in [0.15, 0.2) is 30.9 Å². The minimum absolute atomic E-state index is 0.0742. The van der Waals surface area contributed by atoms with Crippen molar-refractivity contribution in [3.8, 4) is 0 Å². The second-order valence-corrected chi connectivity index (χ2v) is 7.05. The molecule has 0 aliphatic carbocycles. The Morgan fingerprint density at radius 2 is 1.56 bits per heavy atom. The first-order chi connectivity index (χ1) is 12.7. The van der Waals surface area contributed by atoms with Crippen molar-refractivity contribution in [3.63, 3.8) is 0 Å². The number of rotatable bonds is 7. The highest BCUT2D eigenvalue weighted by Gasteiger charge is 2.44. The Hall–Kier alpha value is -2.96. The van der Waals surface area contributed by atoms with Gasteiger partial charge in [0.2, 0.25) is 5.91 Å². The van der Waals surface area contributed by atoms with Gasteiger partial charge in [-0.05, 0) is 23.0 Å². The highest BCUT2D eigenvalue weighted by atomic mass is 16.2. The highest BCUT2D eigenvalue weighted by Crippen LogP contribution is 2.32. The topological polar surface area (TPSA) is 86.8 Å². The van der Waals surface area contributed by atoms with Crippen molar-refractivity contribution in [1.82, 2.24) is 9.80 Å². The van der Waals surface area contributed by atoms with E-state index in [9.17, 15) is 19.2 Å². The van der Waals surface area contributed by atoms with Crippen molar-refractivity contribution in [2.45, 2.75) is 39.5 Å². The number of amides is 5. The minimum Gasteiger partial charge on any atom is -0.324 e. The van der Waals surface area contributed by atoms with Gasteiger partial charge in [0.05, 0.1) is 0 Å². The number of para-hydroxylation sites is 1. The number of imide groups is 2. The first-order valence-electron chi connectivity index (χ1n) is 8.89. The zero-order valence-corrected chi connectivity index (χ0v) is 16.1. The van der Waals surface area contributed by atoms with Crippen LogP contribution in [0.4, 0.5) is 10.5 Å². The molecule has 0 unspecified atom stereocenters. The molecule has 0 saturated carbocycles. The van der Waals surface area contributed by atoms with Gasteiger partial charge in [0, 0.05) is 12.2 Å². The Morgan fingerprint density at radius 1 is 1.04 bits per heavy atom. The smallest absolute Gasteiger partial charge is 0.324 e. The first kappa shape index (κ1) is 20.4. The second kappa shape index (κ2) is 8.16. The summed E-state index contributed by atoms with van der Waals surface area (Å²) >= 11 is 0. The molecule has 0 spiro atoms. The van der Waals surface area contributed by atoms with Crippen LogP contribution in [0.3, 0.4) is 0 Å². The minimum atomic E-state index is -1.00. The van der Waals surface area contributed by atoms with Gasteiger partial charge in [0.15, 0.2) is 0 Å². The van der Waals surface area contributed by atoms with Gasteiger partial charge < -0.3 is 5.32 Å². The van der Waals surface area contributed by atoms with Crippen LogP contribution in [0.25, 0.3) is 0 Å². The number of anilines is 1. The number of carbonyl (C=O) groups is 4. The monoisotopic (exact) mass is 371 g/mol. The maximum absolute atomic E-state index is 12.6. The highest BCUT2D eigenvalue weighted by molar-refractivity contribution is 6.45. The van der Waals surface area contributed by atoms with E-state index in [1.165, 1.54) is 6.08 Å². The molecule has 1 N–H and O–H groups in total. The lowest BCUT2D eigenvalue weighted by Gasteiger charge is -2.21. The fraction of sp³-hybridized carbons (Fsp3) is 0.400. The third-order valence-corrected chi connectivity index (χ3v) is 4.39. The predicted octanol–water partition coefficient (Wildman–Crippen LogP) is 2.85. The van der Waals surface area contributed by atoms with Gasteiger partial charge in [-0.25, -0.2) is 9.69 Å². The van der Waals surface area contributed by atoms with Crippen molar-refractivity contribution >= 4 is 29.4 Å². The molecule has 5 amide bonds. The Bertz CT molecular complexity index is 772. The molecule has 0 atom stereocenters. The summed E-state index contributed by atoms with van der Waals surface area (Å²) in [5.41, 5.74) is 2.64. The standard InChI is InChI=1S/C20H25N3O4/c1-6-10-22-18(25)19(26)23(20(22)27)11-16(24)21-17-14(12(2)3)8-7-9-15(17)13(4)5/h6-9,12-13H,1,10-11H2,2-5H3,(H,21,24). The van der Waals surface area contributed by atoms with Crippen molar-refractivity contribution < 1.29 is 19.2 Å². The third kappa shape index (κ3) is 4.07. The number of urea groups is 1. The van der Waals surface area contributed by atoms with Gasteiger partial charge in [-0.15, -0.1) is 6.58 Å². The molecule has 1 aliphatic rings. The van der Waals surface area contributed by atoms with E-state index in [0.29, 0.717) is 10.6 Å². The molecular weight excluding hydrogens is 346 g/mol. The molecule has 1 fully saturated rings. The van der Waals surface area contributed by atoms with Gasteiger partial charge in [0.1, 0.15) is 6.54 Å². The number of benzene rings is 1. The van der Waals surface area contributed by atoms with Gasteiger partial charge >= 0.3 is 17.8 Å². The number of hydrogen-bond donors (Lipinski definition) is 1. The normalized spacial score (nSPS) is 14.5. The number of nitrogens with zero attached hydrogens (tertiary/aromatic N) is 2. The summed E-state index contributed by atoms with van der Waals surface area (Å²) in [5.74, 6) is -2.12. The Labute approximate surface area is 159 Å². The summed E-state index contributed by atoms with van der Waals surface area (Å²) in [7, 11) is 0. The molecule has 1 saturated heterocycles. The van der Waals surface area contributed by atoms with Crippen LogP contribution in [0.5, 0.6) is 0 Å². The van der Waals surface area contributed by atoms with Crippen LogP contribution >= 0.6 is 0 Å². The summed E-state index contributed by atoms with van der Waals surface area (Å²) in [6.45, 7) is 11.0. The summed E-state index contributed by atoms with van der Waals surface area (Å²) in [6, 6.07) is 5.02. The van der Waals surface area contributed by atoms with Crippen molar-refractivity contribution in [2.75, 3.05) is 18.4 Å². The van der Waals surface area contributed by atoms with Crippen molar-refractivity contribution in [3.05, 3.63) is 42.0 Å². The van der Waals surface area contributed by atoms with Crippen LogP contribution in [-0.2, 0) is 14.4 Å². The molecule has 27 heavy (non-hydrogen) atoms. The lowest BCUT2D eigenvalue weighted by atomic mass is 9.92. The first-order valence-corrected chi connectivity index (χ1v) is 8.89. The molecule has 1 heterocycles. The van der Waals surface area contributed by atoms with Crippen molar-refractivity contribution in [1.29, 1.82) is 0 Å². The average molecular weight is 371 g/mol. The molecule has 0 bridgehead atoms. The number of nitrogens with one attached hydrogen (secondary N) is 1. The molecule has 7 nitrogen and oxygen atoms in total. The Morgan fingerprint density at radius 3 is 2.04 bits per heavy atom. The lowest BCUT2D eigenvalue weighted by Crippen LogP contribution is -2.39. The Balaban J connectivity index is 2.24. The molecule has 1 aromatic carbocycles. The predicted molar refractivity (Wildman–Crippen MR) is 102 cm³/mol. The number of hydrogen-bond acceptors (Lipinski definition) is 4. The van der Waals surface area contributed by atoms with E-state index in [4.69, 9.17) is 0 Å². The summed E-state index contributed by atoms with van der Waals surface area (Å²) in [6.07, 6.45) is 1.35. The molecular formula is C20H25N3O4. The molecule has 144 valence electrons. The van der Waals surface area contributed by atoms with E-state index >= 15 is 0 Å². The van der Waals surface area contributed by atoms with E-state index in [1.54, 1.807) is 0 Å². The van der Waals surface area contributed by atoms with E-state index < -0.39 is 30.3 Å². The molecule has 7 heteroatoms. The van der Waals surface area contributed by atoms with Gasteiger partial charge in [0.25, 0.3) is 0 Å². The zero-order valence-electron chi connectivity index (χ0n) is 16.1. The molecule has 2 rings (SSSR count). The third-order valence-electron chi connectivity index (χ3n) is 4.39.